The largest absolute Gasteiger partial charge is 0.492 e. The van der Waals surface area contributed by atoms with E-state index in [2.05, 4.69) is 5.32 Å². The monoisotopic (exact) mass is 331 g/mol. The van der Waals surface area contributed by atoms with E-state index >= 15 is 0 Å². The van der Waals surface area contributed by atoms with Crippen LogP contribution in [-0.4, -0.2) is 27.2 Å². The van der Waals surface area contributed by atoms with Gasteiger partial charge in [-0.1, -0.05) is 24.3 Å². The van der Waals surface area contributed by atoms with Gasteiger partial charge < -0.3 is 10.1 Å². The summed E-state index contributed by atoms with van der Waals surface area (Å²) in [5, 5.41) is 2.77. The molecule has 1 N–H and O–H groups in total. The molecule has 0 saturated carbocycles. The van der Waals surface area contributed by atoms with E-state index in [-0.39, 0.29) is 16.7 Å². The standard InChI is InChI=1S/C17H17NO4S/c1-23(20,21)15-7-4-6-14(10-15)18-17(19)13-9-12-5-2-3-8-16(12)22-11-13/h2-8,10,13H,9,11H2,1H3,(H,18,19). The van der Waals surface area contributed by atoms with E-state index in [4.69, 9.17) is 4.74 Å². The van der Waals surface area contributed by atoms with Crippen molar-refractivity contribution >= 4 is 21.4 Å². The van der Waals surface area contributed by atoms with Gasteiger partial charge in [0.25, 0.3) is 0 Å². The minimum atomic E-state index is -3.30. The lowest BCUT2D eigenvalue weighted by atomic mass is 9.96. The minimum Gasteiger partial charge on any atom is -0.492 e. The molecular weight excluding hydrogens is 314 g/mol. The van der Waals surface area contributed by atoms with Crippen molar-refractivity contribution in [2.45, 2.75) is 11.3 Å². The van der Waals surface area contributed by atoms with Crippen molar-refractivity contribution < 1.29 is 17.9 Å². The van der Waals surface area contributed by atoms with Crippen molar-refractivity contribution in [3.63, 3.8) is 0 Å². The van der Waals surface area contributed by atoms with Crippen molar-refractivity contribution in [1.82, 2.24) is 0 Å². The number of carbonyl (C=O) groups excluding carboxylic acids is 1. The molecule has 0 radical (unpaired) electrons. The molecule has 120 valence electrons. The topological polar surface area (TPSA) is 72.5 Å². The van der Waals surface area contributed by atoms with Gasteiger partial charge in [0.1, 0.15) is 12.4 Å². The molecule has 1 aliphatic heterocycles. The fourth-order valence-electron chi connectivity index (χ4n) is 2.55. The van der Waals surface area contributed by atoms with Crippen LogP contribution in [0.2, 0.25) is 0 Å². The van der Waals surface area contributed by atoms with Gasteiger partial charge >= 0.3 is 0 Å². The molecule has 0 saturated heterocycles. The Balaban J connectivity index is 1.73. The molecule has 2 aromatic carbocycles. The quantitative estimate of drug-likeness (QED) is 0.936. The van der Waals surface area contributed by atoms with Gasteiger partial charge in [-0.3, -0.25) is 4.79 Å². The number of nitrogens with one attached hydrogen (secondary N) is 1. The molecule has 1 amide bonds. The van der Waals surface area contributed by atoms with Crippen molar-refractivity contribution in [2.24, 2.45) is 5.92 Å². The average Bonchev–Trinajstić information content (AvgIpc) is 2.54. The highest BCUT2D eigenvalue weighted by molar-refractivity contribution is 7.90. The van der Waals surface area contributed by atoms with Gasteiger partial charge in [-0.15, -0.1) is 0 Å². The molecule has 2 aromatic rings. The molecule has 1 atom stereocenters. The molecule has 0 bridgehead atoms. The van der Waals surface area contributed by atoms with Crippen LogP contribution in [0.5, 0.6) is 5.75 Å². The maximum absolute atomic E-state index is 12.4. The van der Waals surface area contributed by atoms with Gasteiger partial charge in [-0.25, -0.2) is 8.42 Å². The number of ether oxygens (including phenoxy) is 1. The van der Waals surface area contributed by atoms with Crippen molar-refractivity contribution in [2.75, 3.05) is 18.2 Å². The Hall–Kier alpha value is -2.34. The Morgan fingerprint density at radius 1 is 1.17 bits per heavy atom. The fraction of sp³-hybridized carbons (Fsp3) is 0.235. The summed E-state index contributed by atoms with van der Waals surface area (Å²) >= 11 is 0. The summed E-state index contributed by atoms with van der Waals surface area (Å²) in [6.07, 6.45) is 1.74. The molecule has 0 aliphatic carbocycles. The molecule has 0 aromatic heterocycles. The Bertz CT molecular complexity index is 845. The third-order valence-electron chi connectivity index (χ3n) is 3.78. The second-order valence-corrected chi connectivity index (χ2v) is 7.62. The third-order valence-corrected chi connectivity index (χ3v) is 4.89. The number of benzene rings is 2. The van der Waals surface area contributed by atoms with Gasteiger partial charge in [-0.2, -0.15) is 0 Å². The van der Waals surface area contributed by atoms with Gasteiger partial charge in [-0.05, 0) is 36.2 Å². The number of anilines is 1. The summed E-state index contributed by atoms with van der Waals surface area (Å²) in [4.78, 5) is 12.6. The van der Waals surface area contributed by atoms with Crippen LogP contribution in [0.25, 0.3) is 0 Å². The highest BCUT2D eigenvalue weighted by Crippen LogP contribution is 2.27. The first-order chi connectivity index (χ1) is 10.9. The molecule has 0 spiro atoms. The summed E-state index contributed by atoms with van der Waals surface area (Å²) < 4.78 is 28.8. The maximum atomic E-state index is 12.4. The molecule has 1 aliphatic rings. The maximum Gasteiger partial charge on any atom is 0.231 e. The zero-order chi connectivity index (χ0) is 16.4. The molecule has 3 rings (SSSR count). The first kappa shape index (κ1) is 15.6. The SMILES string of the molecule is CS(=O)(=O)c1cccc(NC(=O)C2COc3ccccc3C2)c1. The number of hydrogen-bond acceptors (Lipinski definition) is 4. The molecule has 0 fully saturated rings. The number of fused-ring (bicyclic) bond motifs is 1. The van der Waals surface area contributed by atoms with E-state index in [0.717, 1.165) is 17.6 Å². The summed E-state index contributed by atoms with van der Waals surface area (Å²) in [6, 6.07) is 13.9. The second kappa shape index (κ2) is 6.04. The van der Waals surface area contributed by atoms with E-state index < -0.39 is 9.84 Å². The van der Waals surface area contributed by atoms with E-state index in [9.17, 15) is 13.2 Å². The number of hydrogen-bond donors (Lipinski definition) is 1. The Morgan fingerprint density at radius 3 is 2.74 bits per heavy atom. The van der Waals surface area contributed by atoms with Crippen molar-refractivity contribution in [1.29, 1.82) is 0 Å². The zero-order valence-corrected chi connectivity index (χ0v) is 13.5. The molecular formula is C17H17NO4S. The van der Waals surface area contributed by atoms with Gasteiger partial charge in [0.05, 0.1) is 10.8 Å². The summed E-state index contributed by atoms with van der Waals surface area (Å²) in [6.45, 7) is 0.314. The van der Waals surface area contributed by atoms with Crippen LogP contribution in [0, 0.1) is 5.92 Å². The summed E-state index contributed by atoms with van der Waals surface area (Å²) in [5.74, 6) is 0.340. The van der Waals surface area contributed by atoms with Crippen LogP contribution in [-0.2, 0) is 21.1 Å². The van der Waals surface area contributed by atoms with Crippen LogP contribution in [0.15, 0.2) is 53.4 Å². The van der Waals surface area contributed by atoms with Crippen LogP contribution in [0.4, 0.5) is 5.69 Å². The van der Waals surface area contributed by atoms with E-state index in [1.165, 1.54) is 12.1 Å². The smallest absolute Gasteiger partial charge is 0.231 e. The molecule has 6 heteroatoms. The van der Waals surface area contributed by atoms with Crippen LogP contribution < -0.4 is 10.1 Å². The first-order valence-electron chi connectivity index (χ1n) is 7.25. The number of carbonyl (C=O) groups is 1. The highest BCUT2D eigenvalue weighted by atomic mass is 32.2. The molecule has 1 heterocycles. The highest BCUT2D eigenvalue weighted by Gasteiger charge is 2.26. The lowest BCUT2D eigenvalue weighted by Gasteiger charge is -2.24. The van der Waals surface area contributed by atoms with E-state index in [0.29, 0.717) is 18.7 Å². The normalized spacial score (nSPS) is 17.0. The van der Waals surface area contributed by atoms with Gasteiger partial charge in [0.15, 0.2) is 9.84 Å². The third kappa shape index (κ3) is 3.53. The lowest BCUT2D eigenvalue weighted by Crippen LogP contribution is -2.32. The number of amides is 1. The van der Waals surface area contributed by atoms with Crippen molar-refractivity contribution in [3.05, 3.63) is 54.1 Å². The average molecular weight is 331 g/mol. The predicted molar refractivity (Wildman–Crippen MR) is 87.3 cm³/mol. The number of para-hydroxylation sites is 1. The van der Waals surface area contributed by atoms with E-state index in [1.807, 2.05) is 24.3 Å². The van der Waals surface area contributed by atoms with Gasteiger partial charge in [0.2, 0.25) is 5.91 Å². The minimum absolute atomic E-state index is 0.176. The lowest BCUT2D eigenvalue weighted by molar-refractivity contribution is -0.121. The van der Waals surface area contributed by atoms with Crippen LogP contribution in [0.3, 0.4) is 0 Å². The Morgan fingerprint density at radius 2 is 1.96 bits per heavy atom. The predicted octanol–water partition coefficient (Wildman–Crippen LogP) is 2.28. The van der Waals surface area contributed by atoms with Crippen LogP contribution >= 0.6 is 0 Å². The van der Waals surface area contributed by atoms with Gasteiger partial charge in [0, 0.05) is 11.9 Å². The number of rotatable bonds is 3. The van der Waals surface area contributed by atoms with E-state index in [1.54, 1.807) is 12.1 Å². The van der Waals surface area contributed by atoms with Crippen molar-refractivity contribution in [3.8, 4) is 5.75 Å². The van der Waals surface area contributed by atoms with Crippen LogP contribution in [0.1, 0.15) is 5.56 Å². The molecule has 5 nitrogen and oxygen atoms in total. The Kier molecular flexibility index (Phi) is 4.09. The zero-order valence-electron chi connectivity index (χ0n) is 12.7. The molecule has 1 unspecified atom stereocenters. The fourth-order valence-corrected chi connectivity index (χ4v) is 3.21. The Labute approximate surface area is 135 Å². The first-order valence-corrected chi connectivity index (χ1v) is 9.14. The molecule has 23 heavy (non-hydrogen) atoms. The summed E-state index contributed by atoms with van der Waals surface area (Å²) in [5.41, 5.74) is 1.47. The summed E-state index contributed by atoms with van der Waals surface area (Å²) in [7, 11) is -3.30. The second-order valence-electron chi connectivity index (χ2n) is 5.61. The number of sulfone groups is 1.